The van der Waals surface area contributed by atoms with Gasteiger partial charge in [-0.05, 0) is 48.1 Å². The highest BCUT2D eigenvalue weighted by Gasteiger charge is 2.28. The summed E-state index contributed by atoms with van der Waals surface area (Å²) in [7, 11) is 0. The Hall–Kier alpha value is -1.87. The van der Waals surface area contributed by atoms with Crippen molar-refractivity contribution in [3.63, 3.8) is 0 Å². The second-order valence-electron chi connectivity index (χ2n) is 7.13. The van der Waals surface area contributed by atoms with Gasteiger partial charge in [0.05, 0.1) is 6.04 Å². The Morgan fingerprint density at radius 3 is 2.43 bits per heavy atom. The maximum atomic E-state index is 12.6. The molecule has 0 aliphatic carbocycles. The van der Waals surface area contributed by atoms with Crippen LogP contribution in [-0.4, -0.2) is 29.9 Å². The summed E-state index contributed by atoms with van der Waals surface area (Å²) in [4.78, 5) is 14.9. The summed E-state index contributed by atoms with van der Waals surface area (Å²) in [5, 5.41) is 5.42. The van der Waals surface area contributed by atoms with E-state index in [1.54, 1.807) is 0 Å². The molecule has 3 rings (SSSR count). The van der Waals surface area contributed by atoms with Gasteiger partial charge in [-0.1, -0.05) is 44.2 Å². The number of carbonyl (C=O) groups excluding carboxylic acids is 1. The first-order valence-corrected chi connectivity index (χ1v) is 8.56. The van der Waals surface area contributed by atoms with Gasteiger partial charge in [-0.15, -0.1) is 0 Å². The molecule has 1 fully saturated rings. The van der Waals surface area contributed by atoms with Crippen LogP contribution in [0.15, 0.2) is 42.5 Å². The Kier molecular flexibility index (Phi) is 4.67. The van der Waals surface area contributed by atoms with Gasteiger partial charge in [0.25, 0.3) is 0 Å². The van der Waals surface area contributed by atoms with E-state index in [2.05, 4.69) is 42.3 Å². The zero-order chi connectivity index (χ0) is 16.4. The minimum absolute atomic E-state index is 0.0848. The number of piperidine rings is 1. The minimum Gasteiger partial charge on any atom is -0.325 e. The molecule has 2 aromatic rings. The molecule has 0 bridgehead atoms. The van der Waals surface area contributed by atoms with E-state index in [0.29, 0.717) is 11.8 Å². The third kappa shape index (κ3) is 3.73. The standard InChI is InChI=1S/C20H26N2O/c1-14-10-15(2)13-22(12-14)16(3)20(23)21-19-9-8-17-6-4-5-7-18(17)11-19/h4-9,11,14-16H,10,12-13H2,1-3H3,(H,21,23). The average Bonchev–Trinajstić information content (AvgIpc) is 2.53. The Morgan fingerprint density at radius 1 is 1.09 bits per heavy atom. The number of rotatable bonds is 3. The molecule has 122 valence electrons. The van der Waals surface area contributed by atoms with Gasteiger partial charge in [-0.2, -0.15) is 0 Å². The van der Waals surface area contributed by atoms with Gasteiger partial charge >= 0.3 is 0 Å². The predicted molar refractivity (Wildman–Crippen MR) is 96.6 cm³/mol. The molecule has 1 aliphatic rings. The number of nitrogens with zero attached hydrogens (tertiary/aromatic N) is 1. The lowest BCUT2D eigenvalue weighted by atomic mass is 9.91. The maximum Gasteiger partial charge on any atom is 0.241 e. The molecule has 0 radical (unpaired) electrons. The minimum atomic E-state index is -0.0910. The van der Waals surface area contributed by atoms with Crippen LogP contribution < -0.4 is 5.32 Å². The van der Waals surface area contributed by atoms with Crippen LogP contribution in [0, 0.1) is 11.8 Å². The number of nitrogens with one attached hydrogen (secondary N) is 1. The summed E-state index contributed by atoms with van der Waals surface area (Å²) < 4.78 is 0. The molecule has 1 heterocycles. The molecule has 3 unspecified atom stereocenters. The van der Waals surface area contributed by atoms with Crippen molar-refractivity contribution in [3.05, 3.63) is 42.5 Å². The van der Waals surface area contributed by atoms with Gasteiger partial charge in [-0.3, -0.25) is 9.69 Å². The van der Waals surface area contributed by atoms with Crippen molar-refractivity contribution in [2.45, 2.75) is 33.2 Å². The Balaban J connectivity index is 1.69. The smallest absolute Gasteiger partial charge is 0.241 e. The second-order valence-corrected chi connectivity index (χ2v) is 7.13. The van der Waals surface area contributed by atoms with Crippen molar-refractivity contribution >= 4 is 22.4 Å². The Labute approximate surface area is 138 Å². The van der Waals surface area contributed by atoms with E-state index in [1.165, 1.54) is 11.8 Å². The molecule has 1 aliphatic heterocycles. The number of hydrogen-bond acceptors (Lipinski definition) is 2. The van der Waals surface area contributed by atoms with Crippen LogP contribution in [0.5, 0.6) is 0 Å². The van der Waals surface area contributed by atoms with E-state index in [1.807, 2.05) is 31.2 Å². The third-order valence-corrected chi connectivity index (χ3v) is 4.84. The second kappa shape index (κ2) is 6.71. The topological polar surface area (TPSA) is 32.3 Å². The first-order chi connectivity index (χ1) is 11.0. The number of anilines is 1. The molecule has 0 saturated carbocycles. The summed E-state index contributed by atoms with van der Waals surface area (Å²) in [6.45, 7) is 8.58. The van der Waals surface area contributed by atoms with Gasteiger partial charge in [-0.25, -0.2) is 0 Å². The van der Waals surface area contributed by atoms with Crippen LogP contribution in [0.25, 0.3) is 10.8 Å². The molecule has 1 N–H and O–H groups in total. The lowest BCUT2D eigenvalue weighted by Gasteiger charge is -2.38. The zero-order valence-corrected chi connectivity index (χ0v) is 14.3. The molecule has 1 saturated heterocycles. The van der Waals surface area contributed by atoms with E-state index < -0.39 is 0 Å². The number of fused-ring (bicyclic) bond motifs is 1. The lowest BCUT2D eigenvalue weighted by Crippen LogP contribution is -2.48. The van der Waals surface area contributed by atoms with Crippen molar-refractivity contribution in [3.8, 4) is 0 Å². The highest BCUT2D eigenvalue weighted by atomic mass is 16.2. The van der Waals surface area contributed by atoms with Crippen LogP contribution in [0.1, 0.15) is 27.2 Å². The number of likely N-dealkylation sites (tertiary alicyclic amines) is 1. The number of hydrogen-bond donors (Lipinski definition) is 1. The van der Waals surface area contributed by atoms with E-state index in [9.17, 15) is 4.79 Å². The van der Waals surface area contributed by atoms with Crippen molar-refractivity contribution < 1.29 is 4.79 Å². The number of carbonyl (C=O) groups is 1. The molecular formula is C20H26N2O. The number of benzene rings is 2. The van der Waals surface area contributed by atoms with Gasteiger partial charge in [0, 0.05) is 18.8 Å². The fourth-order valence-electron chi connectivity index (χ4n) is 3.71. The summed E-state index contributed by atoms with van der Waals surface area (Å²) in [6, 6.07) is 14.2. The van der Waals surface area contributed by atoms with E-state index in [4.69, 9.17) is 0 Å². The molecule has 0 spiro atoms. The SMILES string of the molecule is CC1CC(C)CN(C(C)C(=O)Nc2ccc3ccccc3c2)C1. The molecule has 3 heteroatoms. The fourth-order valence-corrected chi connectivity index (χ4v) is 3.71. The quantitative estimate of drug-likeness (QED) is 0.924. The molecule has 1 amide bonds. The van der Waals surface area contributed by atoms with Crippen LogP contribution >= 0.6 is 0 Å². The summed E-state index contributed by atoms with van der Waals surface area (Å²) in [5.41, 5.74) is 0.874. The van der Waals surface area contributed by atoms with Gasteiger partial charge in [0.1, 0.15) is 0 Å². The van der Waals surface area contributed by atoms with Crippen LogP contribution in [0.2, 0.25) is 0 Å². The Morgan fingerprint density at radius 2 is 1.74 bits per heavy atom. The number of amides is 1. The lowest BCUT2D eigenvalue weighted by molar-refractivity contribution is -0.121. The van der Waals surface area contributed by atoms with Crippen LogP contribution in [0.3, 0.4) is 0 Å². The largest absolute Gasteiger partial charge is 0.325 e. The van der Waals surface area contributed by atoms with Crippen molar-refractivity contribution in [2.75, 3.05) is 18.4 Å². The third-order valence-electron chi connectivity index (χ3n) is 4.84. The maximum absolute atomic E-state index is 12.6. The summed E-state index contributed by atoms with van der Waals surface area (Å²) in [5.74, 6) is 1.41. The van der Waals surface area contributed by atoms with Crippen molar-refractivity contribution in [1.29, 1.82) is 0 Å². The van der Waals surface area contributed by atoms with Crippen LogP contribution in [-0.2, 0) is 4.79 Å². The highest BCUT2D eigenvalue weighted by Crippen LogP contribution is 2.24. The molecule has 3 atom stereocenters. The summed E-state index contributed by atoms with van der Waals surface area (Å²) in [6.07, 6.45) is 1.26. The van der Waals surface area contributed by atoms with Crippen molar-refractivity contribution in [1.82, 2.24) is 4.90 Å². The van der Waals surface area contributed by atoms with E-state index in [0.717, 1.165) is 24.2 Å². The van der Waals surface area contributed by atoms with Gasteiger partial charge in [0.15, 0.2) is 0 Å². The van der Waals surface area contributed by atoms with Gasteiger partial charge in [0.2, 0.25) is 5.91 Å². The zero-order valence-electron chi connectivity index (χ0n) is 14.3. The molecule has 0 aromatic heterocycles. The Bertz CT molecular complexity index is 687. The van der Waals surface area contributed by atoms with Crippen molar-refractivity contribution in [2.24, 2.45) is 11.8 Å². The monoisotopic (exact) mass is 310 g/mol. The fraction of sp³-hybridized carbons (Fsp3) is 0.450. The van der Waals surface area contributed by atoms with E-state index in [-0.39, 0.29) is 11.9 Å². The van der Waals surface area contributed by atoms with Gasteiger partial charge < -0.3 is 5.32 Å². The van der Waals surface area contributed by atoms with E-state index >= 15 is 0 Å². The molecule has 3 nitrogen and oxygen atoms in total. The van der Waals surface area contributed by atoms with Crippen LogP contribution in [0.4, 0.5) is 5.69 Å². The predicted octanol–water partition coefficient (Wildman–Crippen LogP) is 4.14. The molecule has 23 heavy (non-hydrogen) atoms. The first-order valence-electron chi connectivity index (χ1n) is 8.56. The highest BCUT2D eigenvalue weighted by molar-refractivity contribution is 5.97. The first kappa shape index (κ1) is 16.0. The summed E-state index contributed by atoms with van der Waals surface area (Å²) >= 11 is 0. The molecular weight excluding hydrogens is 284 g/mol. The molecule has 2 aromatic carbocycles. The average molecular weight is 310 g/mol. The normalized spacial score (nSPS) is 23.6.